The lowest BCUT2D eigenvalue weighted by Gasteiger charge is -2.31. The SMILES string of the molecule is CCNC(=NCCCOC1CCN(Cc2ccccc2)CC1)NCCc1ccccn1. The minimum atomic E-state index is 0.390. The van der Waals surface area contributed by atoms with Crippen LogP contribution in [0.5, 0.6) is 0 Å². The largest absolute Gasteiger partial charge is 0.378 e. The van der Waals surface area contributed by atoms with Gasteiger partial charge in [0, 0.05) is 64.2 Å². The average molecular weight is 424 g/mol. The molecule has 2 aromatic rings. The van der Waals surface area contributed by atoms with Crippen LogP contribution < -0.4 is 10.6 Å². The van der Waals surface area contributed by atoms with E-state index in [0.29, 0.717) is 6.10 Å². The van der Waals surface area contributed by atoms with Gasteiger partial charge in [0.15, 0.2) is 5.96 Å². The van der Waals surface area contributed by atoms with Crippen molar-refractivity contribution in [1.82, 2.24) is 20.5 Å². The summed E-state index contributed by atoms with van der Waals surface area (Å²) in [7, 11) is 0. The van der Waals surface area contributed by atoms with Crippen LogP contribution in [0, 0.1) is 0 Å². The van der Waals surface area contributed by atoms with Crippen LogP contribution in [0.4, 0.5) is 0 Å². The maximum Gasteiger partial charge on any atom is 0.191 e. The van der Waals surface area contributed by atoms with Crippen molar-refractivity contribution < 1.29 is 4.74 Å². The lowest BCUT2D eigenvalue weighted by molar-refractivity contribution is 0.00566. The molecule has 2 heterocycles. The highest BCUT2D eigenvalue weighted by atomic mass is 16.5. The van der Waals surface area contributed by atoms with E-state index < -0.39 is 0 Å². The monoisotopic (exact) mass is 423 g/mol. The second kappa shape index (κ2) is 13.8. The highest BCUT2D eigenvalue weighted by Crippen LogP contribution is 2.16. The summed E-state index contributed by atoms with van der Waals surface area (Å²) in [6.07, 6.45) is 6.29. The first-order valence-electron chi connectivity index (χ1n) is 11.6. The number of likely N-dealkylation sites (tertiary alicyclic amines) is 1. The molecule has 6 nitrogen and oxygen atoms in total. The third kappa shape index (κ3) is 9.07. The van der Waals surface area contributed by atoms with Crippen LogP contribution in [0.2, 0.25) is 0 Å². The van der Waals surface area contributed by atoms with Gasteiger partial charge < -0.3 is 15.4 Å². The van der Waals surface area contributed by atoms with Crippen molar-refractivity contribution in [3.63, 3.8) is 0 Å². The number of aliphatic imine (C=N–C) groups is 1. The van der Waals surface area contributed by atoms with Crippen molar-refractivity contribution in [2.24, 2.45) is 4.99 Å². The van der Waals surface area contributed by atoms with Crippen molar-refractivity contribution in [2.45, 2.75) is 45.3 Å². The molecule has 168 valence electrons. The standard InChI is InChI=1S/C25H37N5O/c1-2-26-25(29-17-12-23-11-6-7-15-27-23)28-16-8-20-31-24-13-18-30(19-14-24)21-22-9-4-3-5-10-22/h3-7,9-11,15,24H,2,8,12-14,16-21H2,1H3,(H2,26,28,29). The Hall–Kier alpha value is -2.44. The number of hydrogen-bond donors (Lipinski definition) is 2. The fourth-order valence-corrected chi connectivity index (χ4v) is 3.78. The smallest absolute Gasteiger partial charge is 0.191 e. The molecule has 0 amide bonds. The first-order valence-corrected chi connectivity index (χ1v) is 11.6. The number of guanidine groups is 1. The Morgan fingerprint density at radius 1 is 1.10 bits per heavy atom. The molecule has 1 aliphatic rings. The molecule has 2 N–H and O–H groups in total. The van der Waals surface area contributed by atoms with Gasteiger partial charge in [0.25, 0.3) is 0 Å². The Morgan fingerprint density at radius 3 is 2.65 bits per heavy atom. The fourth-order valence-electron chi connectivity index (χ4n) is 3.78. The number of piperidine rings is 1. The number of nitrogens with zero attached hydrogens (tertiary/aromatic N) is 3. The maximum absolute atomic E-state index is 6.12. The topological polar surface area (TPSA) is 61.8 Å². The molecular weight excluding hydrogens is 386 g/mol. The lowest BCUT2D eigenvalue weighted by Crippen LogP contribution is -2.38. The predicted octanol–water partition coefficient (Wildman–Crippen LogP) is 3.25. The van der Waals surface area contributed by atoms with Crippen LogP contribution in [0.25, 0.3) is 0 Å². The number of hydrogen-bond acceptors (Lipinski definition) is 4. The Kier molecular flexibility index (Phi) is 10.3. The summed E-state index contributed by atoms with van der Waals surface area (Å²) in [4.78, 5) is 11.6. The summed E-state index contributed by atoms with van der Waals surface area (Å²) in [6, 6.07) is 16.7. The van der Waals surface area contributed by atoms with E-state index in [9.17, 15) is 0 Å². The third-order valence-corrected chi connectivity index (χ3v) is 5.45. The van der Waals surface area contributed by atoms with Crippen molar-refractivity contribution in [2.75, 3.05) is 39.3 Å². The van der Waals surface area contributed by atoms with Crippen LogP contribution in [0.3, 0.4) is 0 Å². The molecule has 0 atom stereocenters. The van der Waals surface area contributed by atoms with Gasteiger partial charge in [-0.3, -0.25) is 14.9 Å². The van der Waals surface area contributed by atoms with Gasteiger partial charge in [0.2, 0.25) is 0 Å². The number of ether oxygens (including phenoxy) is 1. The summed E-state index contributed by atoms with van der Waals surface area (Å²) in [5.74, 6) is 0.868. The van der Waals surface area contributed by atoms with Crippen molar-refractivity contribution in [1.29, 1.82) is 0 Å². The van der Waals surface area contributed by atoms with E-state index >= 15 is 0 Å². The molecular formula is C25H37N5O. The van der Waals surface area contributed by atoms with E-state index in [2.05, 4.69) is 68.8 Å². The number of rotatable bonds is 11. The first-order chi connectivity index (χ1) is 15.3. The predicted molar refractivity (Wildman–Crippen MR) is 127 cm³/mol. The Morgan fingerprint density at radius 2 is 1.90 bits per heavy atom. The fraction of sp³-hybridized carbons (Fsp3) is 0.520. The number of benzene rings is 1. The van der Waals surface area contributed by atoms with Gasteiger partial charge in [-0.2, -0.15) is 0 Å². The number of pyridine rings is 1. The molecule has 1 fully saturated rings. The molecule has 0 aliphatic carbocycles. The molecule has 0 spiro atoms. The molecule has 3 rings (SSSR count). The van der Waals surface area contributed by atoms with Gasteiger partial charge in [-0.25, -0.2) is 0 Å². The molecule has 1 aromatic carbocycles. The minimum absolute atomic E-state index is 0.390. The summed E-state index contributed by atoms with van der Waals surface area (Å²) >= 11 is 0. The van der Waals surface area contributed by atoms with E-state index in [0.717, 1.165) is 83.2 Å². The highest BCUT2D eigenvalue weighted by Gasteiger charge is 2.19. The van der Waals surface area contributed by atoms with E-state index in [1.165, 1.54) is 5.56 Å². The highest BCUT2D eigenvalue weighted by molar-refractivity contribution is 5.79. The molecule has 0 saturated carbocycles. The van der Waals surface area contributed by atoms with Crippen molar-refractivity contribution in [3.05, 3.63) is 66.0 Å². The van der Waals surface area contributed by atoms with Gasteiger partial charge in [0.1, 0.15) is 0 Å². The number of aromatic nitrogens is 1. The van der Waals surface area contributed by atoms with Crippen LogP contribution in [0.15, 0.2) is 59.7 Å². The normalized spacial score (nSPS) is 15.7. The van der Waals surface area contributed by atoms with Crippen molar-refractivity contribution in [3.8, 4) is 0 Å². The second-order valence-electron chi connectivity index (χ2n) is 7.94. The summed E-state index contributed by atoms with van der Waals surface area (Å²) in [5.41, 5.74) is 2.49. The molecule has 0 bridgehead atoms. The summed E-state index contributed by atoms with van der Waals surface area (Å²) in [6.45, 7) is 8.58. The maximum atomic E-state index is 6.12. The van der Waals surface area contributed by atoms with Crippen molar-refractivity contribution >= 4 is 5.96 Å². The Balaban J connectivity index is 1.27. The molecule has 1 saturated heterocycles. The first kappa shape index (κ1) is 23.2. The number of nitrogens with one attached hydrogen (secondary N) is 2. The minimum Gasteiger partial charge on any atom is -0.378 e. The lowest BCUT2D eigenvalue weighted by atomic mass is 10.1. The second-order valence-corrected chi connectivity index (χ2v) is 7.94. The van der Waals surface area contributed by atoms with Crippen LogP contribution >= 0.6 is 0 Å². The molecule has 0 unspecified atom stereocenters. The molecule has 0 radical (unpaired) electrons. The van der Waals surface area contributed by atoms with Gasteiger partial charge in [-0.1, -0.05) is 36.4 Å². The molecule has 1 aromatic heterocycles. The van der Waals surface area contributed by atoms with Gasteiger partial charge in [0.05, 0.1) is 6.10 Å². The van der Waals surface area contributed by atoms with E-state index in [1.54, 1.807) is 0 Å². The van der Waals surface area contributed by atoms with E-state index in [4.69, 9.17) is 4.74 Å². The van der Waals surface area contributed by atoms with Gasteiger partial charge in [-0.05, 0) is 43.9 Å². The van der Waals surface area contributed by atoms with Gasteiger partial charge >= 0.3 is 0 Å². The zero-order chi connectivity index (χ0) is 21.6. The zero-order valence-corrected chi connectivity index (χ0v) is 18.8. The summed E-state index contributed by atoms with van der Waals surface area (Å²) in [5, 5.41) is 6.69. The molecule has 1 aliphatic heterocycles. The van der Waals surface area contributed by atoms with Crippen LogP contribution in [-0.2, 0) is 17.7 Å². The quantitative estimate of drug-likeness (QED) is 0.330. The van der Waals surface area contributed by atoms with Crippen LogP contribution in [0.1, 0.15) is 37.4 Å². The van der Waals surface area contributed by atoms with Crippen LogP contribution in [-0.4, -0.2) is 61.3 Å². The Bertz CT molecular complexity index is 745. The van der Waals surface area contributed by atoms with E-state index in [1.807, 2.05) is 18.3 Å². The molecule has 31 heavy (non-hydrogen) atoms. The molecule has 6 heteroatoms. The zero-order valence-electron chi connectivity index (χ0n) is 18.8. The average Bonchev–Trinajstić information content (AvgIpc) is 2.81. The van der Waals surface area contributed by atoms with Gasteiger partial charge in [-0.15, -0.1) is 0 Å². The Labute approximate surface area is 187 Å². The summed E-state index contributed by atoms with van der Waals surface area (Å²) < 4.78 is 6.12. The third-order valence-electron chi connectivity index (χ3n) is 5.45. The van der Waals surface area contributed by atoms with E-state index in [-0.39, 0.29) is 0 Å².